The Morgan fingerprint density at radius 3 is 2.07 bits per heavy atom. The molecule has 0 saturated carbocycles. The Morgan fingerprint density at radius 1 is 0.926 bits per heavy atom. The Bertz CT molecular complexity index is 515. The summed E-state index contributed by atoms with van der Waals surface area (Å²) in [7, 11) is 1.63. The molecule has 2 N–H and O–H groups in total. The maximum absolute atomic E-state index is 11.2. The molecule has 0 unspecified atom stereocenters. The standard InChI is InChI=1S/C20H33NO6/c1-17(24)4-3-5-21(6-7-26-10-11-27-9-8-25-2)20-13-18(15-22)12-19(14-20)16-23/h12-14,22-23H,3-11,15-16H2,1-2H3. The zero-order valence-corrected chi connectivity index (χ0v) is 16.5. The predicted octanol–water partition coefficient (Wildman–Crippen LogP) is 1.53. The van der Waals surface area contributed by atoms with Gasteiger partial charge in [-0.05, 0) is 36.6 Å². The largest absolute Gasteiger partial charge is 0.392 e. The zero-order chi connectivity index (χ0) is 19.9. The fraction of sp³-hybridized carbons (Fsp3) is 0.650. The lowest BCUT2D eigenvalue weighted by Crippen LogP contribution is -2.29. The van der Waals surface area contributed by atoms with E-state index in [1.54, 1.807) is 20.1 Å². The quantitative estimate of drug-likeness (QED) is 0.419. The summed E-state index contributed by atoms with van der Waals surface area (Å²) in [5.74, 6) is 0.166. The second-order valence-corrected chi connectivity index (χ2v) is 6.33. The van der Waals surface area contributed by atoms with Crippen molar-refractivity contribution < 1.29 is 29.2 Å². The number of nitrogens with zero attached hydrogens (tertiary/aromatic N) is 1. The number of anilines is 1. The van der Waals surface area contributed by atoms with E-state index in [9.17, 15) is 15.0 Å². The lowest BCUT2D eigenvalue weighted by atomic mass is 10.1. The van der Waals surface area contributed by atoms with Gasteiger partial charge in [-0.25, -0.2) is 0 Å². The van der Waals surface area contributed by atoms with E-state index < -0.39 is 0 Å². The van der Waals surface area contributed by atoms with Crippen molar-refractivity contribution >= 4 is 11.5 Å². The molecule has 0 spiro atoms. The van der Waals surface area contributed by atoms with E-state index in [4.69, 9.17) is 14.2 Å². The number of benzene rings is 1. The third-order valence-electron chi connectivity index (χ3n) is 4.03. The third kappa shape index (κ3) is 10.4. The number of Topliss-reactive ketones (excluding diaryl/α,β-unsaturated/α-hetero) is 1. The highest BCUT2D eigenvalue weighted by Gasteiger charge is 2.10. The molecule has 0 atom stereocenters. The molecule has 0 bridgehead atoms. The van der Waals surface area contributed by atoms with Gasteiger partial charge in [-0.2, -0.15) is 0 Å². The molecule has 0 aliphatic rings. The van der Waals surface area contributed by atoms with Crippen LogP contribution in [0.1, 0.15) is 30.9 Å². The monoisotopic (exact) mass is 383 g/mol. The Labute approximate surface area is 161 Å². The lowest BCUT2D eigenvalue weighted by molar-refractivity contribution is -0.117. The summed E-state index contributed by atoms with van der Waals surface area (Å²) < 4.78 is 15.9. The summed E-state index contributed by atoms with van der Waals surface area (Å²) in [6.45, 7) is 5.43. The molecule has 1 aromatic carbocycles. The molecule has 1 aromatic rings. The molecule has 0 saturated heterocycles. The number of methoxy groups -OCH3 is 1. The lowest BCUT2D eigenvalue weighted by Gasteiger charge is -2.26. The first-order chi connectivity index (χ1) is 13.1. The molecule has 0 amide bonds. The average molecular weight is 383 g/mol. The number of aliphatic hydroxyl groups excluding tert-OH is 2. The van der Waals surface area contributed by atoms with Crippen molar-refractivity contribution in [3.63, 3.8) is 0 Å². The number of hydrogen-bond donors (Lipinski definition) is 2. The first-order valence-corrected chi connectivity index (χ1v) is 9.34. The van der Waals surface area contributed by atoms with Crippen LogP contribution in [0.3, 0.4) is 0 Å². The number of ether oxygens (including phenoxy) is 3. The smallest absolute Gasteiger partial charge is 0.129 e. The van der Waals surface area contributed by atoms with Crippen LogP contribution in [0.15, 0.2) is 18.2 Å². The second-order valence-electron chi connectivity index (χ2n) is 6.33. The van der Waals surface area contributed by atoms with Gasteiger partial charge in [-0.15, -0.1) is 0 Å². The van der Waals surface area contributed by atoms with Crippen molar-refractivity contribution in [3.8, 4) is 0 Å². The molecule has 0 fully saturated rings. The van der Waals surface area contributed by atoms with E-state index in [2.05, 4.69) is 4.90 Å². The van der Waals surface area contributed by atoms with Crippen LogP contribution in [0.25, 0.3) is 0 Å². The molecule has 0 aliphatic carbocycles. The van der Waals surface area contributed by atoms with Crippen molar-refractivity contribution in [1.29, 1.82) is 0 Å². The van der Waals surface area contributed by atoms with E-state index in [1.807, 2.05) is 12.1 Å². The fourth-order valence-corrected chi connectivity index (χ4v) is 2.64. The van der Waals surface area contributed by atoms with E-state index in [0.717, 1.165) is 23.2 Å². The molecule has 154 valence electrons. The van der Waals surface area contributed by atoms with Gasteiger partial charge in [0.05, 0.1) is 46.2 Å². The van der Waals surface area contributed by atoms with Gasteiger partial charge >= 0.3 is 0 Å². The minimum absolute atomic E-state index is 0.0859. The van der Waals surface area contributed by atoms with Crippen LogP contribution in [0.5, 0.6) is 0 Å². The van der Waals surface area contributed by atoms with E-state index in [-0.39, 0.29) is 19.0 Å². The third-order valence-corrected chi connectivity index (χ3v) is 4.03. The van der Waals surface area contributed by atoms with Crippen LogP contribution in [0, 0.1) is 0 Å². The highest BCUT2D eigenvalue weighted by atomic mass is 16.5. The van der Waals surface area contributed by atoms with Gasteiger partial charge in [0.2, 0.25) is 0 Å². The summed E-state index contributed by atoms with van der Waals surface area (Å²) in [5.41, 5.74) is 2.41. The topological polar surface area (TPSA) is 88.5 Å². The van der Waals surface area contributed by atoms with Crippen molar-refractivity contribution in [3.05, 3.63) is 29.3 Å². The first-order valence-electron chi connectivity index (χ1n) is 9.34. The van der Waals surface area contributed by atoms with Crippen LogP contribution in [-0.4, -0.2) is 69.2 Å². The van der Waals surface area contributed by atoms with E-state index in [1.165, 1.54) is 0 Å². The summed E-state index contributed by atoms with van der Waals surface area (Å²) in [6.07, 6.45) is 1.27. The molecule has 0 radical (unpaired) electrons. The van der Waals surface area contributed by atoms with Crippen LogP contribution < -0.4 is 4.90 Å². The van der Waals surface area contributed by atoms with Crippen LogP contribution in [0.4, 0.5) is 5.69 Å². The molecule has 0 aliphatic heterocycles. The number of ketones is 1. The maximum Gasteiger partial charge on any atom is 0.129 e. The Hall–Kier alpha value is -1.51. The van der Waals surface area contributed by atoms with Gasteiger partial charge in [0.25, 0.3) is 0 Å². The molecule has 0 heterocycles. The van der Waals surface area contributed by atoms with Gasteiger partial charge in [0, 0.05) is 32.3 Å². The van der Waals surface area contributed by atoms with Gasteiger partial charge in [0.15, 0.2) is 0 Å². The first kappa shape index (κ1) is 23.5. The van der Waals surface area contributed by atoms with Crippen molar-refractivity contribution in [2.24, 2.45) is 0 Å². The molecule has 27 heavy (non-hydrogen) atoms. The van der Waals surface area contributed by atoms with Crippen LogP contribution >= 0.6 is 0 Å². The summed E-state index contributed by atoms with van der Waals surface area (Å²) in [6, 6.07) is 5.59. The second kappa shape index (κ2) is 14.5. The van der Waals surface area contributed by atoms with Gasteiger partial charge in [0.1, 0.15) is 5.78 Å². The normalized spacial score (nSPS) is 11.0. The fourth-order valence-electron chi connectivity index (χ4n) is 2.64. The summed E-state index contributed by atoms with van der Waals surface area (Å²) >= 11 is 0. The SMILES string of the molecule is COCCOCCOCCN(CCCC(C)=O)c1cc(CO)cc(CO)c1. The van der Waals surface area contributed by atoms with Crippen molar-refractivity contribution in [1.82, 2.24) is 0 Å². The highest BCUT2D eigenvalue weighted by molar-refractivity contribution is 5.75. The van der Waals surface area contributed by atoms with E-state index in [0.29, 0.717) is 52.5 Å². The minimum atomic E-state index is -0.0859. The number of carbonyl (C=O) groups is 1. The molecular formula is C20H33NO6. The van der Waals surface area contributed by atoms with Crippen LogP contribution in [0.2, 0.25) is 0 Å². The highest BCUT2D eigenvalue weighted by Crippen LogP contribution is 2.20. The average Bonchev–Trinajstić information content (AvgIpc) is 2.67. The maximum atomic E-state index is 11.2. The molecular weight excluding hydrogens is 350 g/mol. The van der Waals surface area contributed by atoms with Gasteiger partial charge in [-0.1, -0.05) is 6.07 Å². The van der Waals surface area contributed by atoms with Gasteiger partial charge < -0.3 is 34.1 Å². The van der Waals surface area contributed by atoms with Crippen molar-refractivity contribution in [2.75, 3.05) is 58.1 Å². The zero-order valence-electron chi connectivity index (χ0n) is 16.5. The van der Waals surface area contributed by atoms with Gasteiger partial charge in [-0.3, -0.25) is 0 Å². The molecule has 1 rings (SSSR count). The number of hydrogen-bond acceptors (Lipinski definition) is 7. The molecule has 0 aromatic heterocycles. The Balaban J connectivity index is 2.58. The minimum Gasteiger partial charge on any atom is -0.392 e. The van der Waals surface area contributed by atoms with E-state index >= 15 is 0 Å². The van der Waals surface area contributed by atoms with Crippen molar-refractivity contribution in [2.45, 2.75) is 33.0 Å². The number of carbonyl (C=O) groups excluding carboxylic acids is 1. The number of rotatable bonds is 16. The Kier molecular flexibility index (Phi) is 12.7. The summed E-state index contributed by atoms with van der Waals surface area (Å²) in [5, 5.41) is 18.9. The van der Waals surface area contributed by atoms with Crippen LogP contribution in [-0.2, 0) is 32.2 Å². The summed E-state index contributed by atoms with van der Waals surface area (Å²) in [4.78, 5) is 13.4. The molecule has 7 heteroatoms. The predicted molar refractivity (Wildman–Crippen MR) is 104 cm³/mol. The number of aliphatic hydroxyl groups is 2. The molecule has 7 nitrogen and oxygen atoms in total. The Morgan fingerprint density at radius 2 is 1.52 bits per heavy atom.